The zero-order valence-corrected chi connectivity index (χ0v) is 16.2. The number of aryl methyl sites for hydroxylation is 1. The molecule has 1 fully saturated rings. The number of para-hydroxylation sites is 1. The van der Waals surface area contributed by atoms with Crippen molar-refractivity contribution < 1.29 is 13.6 Å². The Kier molecular flexibility index (Phi) is 3.59. The Morgan fingerprint density at radius 2 is 2.17 bits per heavy atom. The average molecular weight is 407 g/mol. The van der Waals surface area contributed by atoms with Crippen LogP contribution >= 0.6 is 0 Å². The van der Waals surface area contributed by atoms with Crippen molar-refractivity contribution in [3.63, 3.8) is 0 Å². The molecule has 1 atom stereocenters. The maximum atomic E-state index is 14.2. The van der Waals surface area contributed by atoms with Crippen molar-refractivity contribution in [2.75, 3.05) is 6.54 Å². The first-order valence-corrected chi connectivity index (χ1v) is 9.89. The lowest BCUT2D eigenvalue weighted by atomic mass is 10.0. The van der Waals surface area contributed by atoms with Gasteiger partial charge in [0.05, 0.1) is 12.0 Å². The quantitative estimate of drug-likeness (QED) is 0.559. The van der Waals surface area contributed by atoms with E-state index in [4.69, 9.17) is 4.42 Å². The Morgan fingerprint density at radius 1 is 1.30 bits per heavy atom. The number of fused-ring (bicyclic) bond motifs is 2. The molecule has 0 spiro atoms. The fraction of sp³-hybridized carbons (Fsp3) is 0.350. The Balaban J connectivity index is 1.45. The van der Waals surface area contributed by atoms with Gasteiger partial charge in [0, 0.05) is 31.6 Å². The van der Waals surface area contributed by atoms with Crippen LogP contribution in [0.15, 0.2) is 28.9 Å². The number of imidazole rings is 1. The molecule has 4 aromatic rings. The summed E-state index contributed by atoms with van der Waals surface area (Å²) in [4.78, 5) is 31.6. The predicted molar refractivity (Wildman–Crippen MR) is 102 cm³/mol. The summed E-state index contributed by atoms with van der Waals surface area (Å²) in [5.74, 6) is 0.763. The Labute approximate surface area is 169 Å². The van der Waals surface area contributed by atoms with E-state index in [0.717, 1.165) is 18.5 Å². The topological polar surface area (TPSA) is 106 Å². The first kappa shape index (κ1) is 17.3. The second-order valence-electron chi connectivity index (χ2n) is 7.75. The molecule has 0 unspecified atom stereocenters. The van der Waals surface area contributed by atoms with Crippen LogP contribution in [0.25, 0.3) is 11.1 Å². The summed E-state index contributed by atoms with van der Waals surface area (Å²) in [6.07, 6.45) is 4.30. The standard InChI is InChI=1S/C20H18FN7O2/c1-27-18(25-17(26-27)10-5-6-10)20(29)28-8-7-12-14(23-9-22-12)15(28)19-24-13-4-2-3-11(21)16(13)30-19/h2-4,9-10,15H,5-8H2,1H3,(H,22,23)/t15-/m0/s1. The summed E-state index contributed by atoms with van der Waals surface area (Å²) in [5.41, 5.74) is 2.02. The van der Waals surface area contributed by atoms with Gasteiger partial charge in [0.2, 0.25) is 11.7 Å². The van der Waals surface area contributed by atoms with E-state index in [1.54, 1.807) is 30.4 Å². The summed E-state index contributed by atoms with van der Waals surface area (Å²) in [6, 6.07) is 3.89. The molecule has 10 heteroatoms. The highest BCUT2D eigenvalue weighted by Crippen LogP contribution is 2.39. The van der Waals surface area contributed by atoms with Crippen LogP contribution in [0, 0.1) is 5.82 Å². The fourth-order valence-corrected chi connectivity index (χ4v) is 4.03. The summed E-state index contributed by atoms with van der Waals surface area (Å²) >= 11 is 0. The summed E-state index contributed by atoms with van der Waals surface area (Å²) in [5, 5.41) is 4.41. The summed E-state index contributed by atoms with van der Waals surface area (Å²) in [6.45, 7) is 0.422. The molecule has 1 N–H and O–H groups in total. The van der Waals surface area contributed by atoms with Crippen LogP contribution in [0.4, 0.5) is 4.39 Å². The van der Waals surface area contributed by atoms with Crippen molar-refractivity contribution in [3.8, 4) is 0 Å². The number of nitrogens with zero attached hydrogens (tertiary/aromatic N) is 6. The molecular formula is C20H18FN7O2. The number of nitrogens with one attached hydrogen (secondary N) is 1. The maximum absolute atomic E-state index is 14.2. The van der Waals surface area contributed by atoms with Gasteiger partial charge in [0.15, 0.2) is 23.3 Å². The van der Waals surface area contributed by atoms with Crippen molar-refractivity contribution in [1.29, 1.82) is 0 Å². The Hall–Kier alpha value is -3.56. The number of carbonyl (C=O) groups excluding carboxylic acids is 1. The fourth-order valence-electron chi connectivity index (χ4n) is 4.03. The van der Waals surface area contributed by atoms with E-state index in [1.165, 1.54) is 10.7 Å². The molecule has 1 aliphatic heterocycles. The molecule has 0 bridgehead atoms. The predicted octanol–water partition coefficient (Wildman–Crippen LogP) is 2.48. The van der Waals surface area contributed by atoms with E-state index >= 15 is 0 Å². The molecule has 1 amide bonds. The first-order chi connectivity index (χ1) is 14.6. The number of amides is 1. The van der Waals surface area contributed by atoms with Crippen LogP contribution in [0.3, 0.4) is 0 Å². The monoisotopic (exact) mass is 407 g/mol. The number of halogens is 1. The molecule has 3 aromatic heterocycles. The van der Waals surface area contributed by atoms with Crippen LogP contribution in [0.1, 0.15) is 58.5 Å². The number of H-pyrrole nitrogens is 1. The van der Waals surface area contributed by atoms with E-state index < -0.39 is 11.9 Å². The molecule has 2 aliphatic rings. The van der Waals surface area contributed by atoms with Crippen LogP contribution in [0.5, 0.6) is 0 Å². The number of carbonyl (C=O) groups is 1. The first-order valence-electron chi connectivity index (χ1n) is 9.89. The third-order valence-corrected chi connectivity index (χ3v) is 5.72. The second-order valence-corrected chi connectivity index (χ2v) is 7.75. The van der Waals surface area contributed by atoms with Gasteiger partial charge < -0.3 is 14.3 Å². The van der Waals surface area contributed by atoms with E-state index in [1.807, 2.05) is 0 Å². The van der Waals surface area contributed by atoms with Crippen LogP contribution in [0.2, 0.25) is 0 Å². The van der Waals surface area contributed by atoms with E-state index in [9.17, 15) is 9.18 Å². The van der Waals surface area contributed by atoms with Crippen molar-refractivity contribution >= 4 is 17.0 Å². The minimum Gasteiger partial charge on any atom is -0.435 e. The van der Waals surface area contributed by atoms with Gasteiger partial charge in [-0.3, -0.25) is 4.79 Å². The minimum absolute atomic E-state index is 0.0669. The third kappa shape index (κ3) is 2.56. The van der Waals surface area contributed by atoms with Gasteiger partial charge in [-0.25, -0.2) is 24.0 Å². The van der Waals surface area contributed by atoms with Gasteiger partial charge in [0.25, 0.3) is 5.91 Å². The van der Waals surface area contributed by atoms with Gasteiger partial charge in [0.1, 0.15) is 5.52 Å². The Bertz CT molecular complexity index is 1290. The highest BCUT2D eigenvalue weighted by molar-refractivity contribution is 5.91. The van der Waals surface area contributed by atoms with Crippen molar-refractivity contribution in [3.05, 3.63) is 59.3 Å². The van der Waals surface area contributed by atoms with Gasteiger partial charge in [-0.05, 0) is 25.0 Å². The maximum Gasteiger partial charge on any atom is 0.292 e. The second kappa shape index (κ2) is 6.22. The lowest BCUT2D eigenvalue weighted by Crippen LogP contribution is -2.42. The molecule has 4 heterocycles. The average Bonchev–Trinajstić information content (AvgIpc) is 3.14. The minimum atomic E-state index is -0.680. The lowest BCUT2D eigenvalue weighted by Gasteiger charge is -2.32. The molecule has 6 rings (SSSR count). The van der Waals surface area contributed by atoms with Gasteiger partial charge >= 0.3 is 0 Å². The summed E-state index contributed by atoms with van der Waals surface area (Å²) < 4.78 is 21.5. The van der Waals surface area contributed by atoms with E-state index in [-0.39, 0.29) is 23.2 Å². The van der Waals surface area contributed by atoms with Crippen LogP contribution in [-0.4, -0.2) is 47.1 Å². The number of aromatic amines is 1. The smallest absolute Gasteiger partial charge is 0.292 e. The number of rotatable bonds is 3. The lowest BCUT2D eigenvalue weighted by molar-refractivity contribution is 0.0649. The van der Waals surface area contributed by atoms with Crippen molar-refractivity contribution in [1.82, 2.24) is 34.6 Å². The number of hydrogen-bond acceptors (Lipinski definition) is 6. The third-order valence-electron chi connectivity index (χ3n) is 5.72. The number of benzene rings is 1. The normalized spacial score (nSPS) is 18.7. The van der Waals surface area contributed by atoms with Gasteiger partial charge in [-0.1, -0.05) is 6.07 Å². The van der Waals surface area contributed by atoms with Gasteiger partial charge in [-0.2, -0.15) is 5.10 Å². The van der Waals surface area contributed by atoms with E-state index in [2.05, 4.69) is 25.0 Å². The highest BCUT2D eigenvalue weighted by Gasteiger charge is 2.40. The molecule has 152 valence electrons. The molecule has 9 nitrogen and oxygen atoms in total. The molecule has 1 aliphatic carbocycles. The SMILES string of the molecule is Cn1nc(C2CC2)nc1C(=O)N1CCc2[nH]cnc2[C@H]1c1nc2cccc(F)c2o1. The highest BCUT2D eigenvalue weighted by atomic mass is 19.1. The molecule has 0 radical (unpaired) electrons. The largest absolute Gasteiger partial charge is 0.435 e. The number of aromatic nitrogens is 6. The zero-order chi connectivity index (χ0) is 20.4. The van der Waals surface area contributed by atoms with Crippen molar-refractivity contribution in [2.24, 2.45) is 7.05 Å². The molecular weight excluding hydrogens is 389 g/mol. The van der Waals surface area contributed by atoms with Crippen LogP contribution in [-0.2, 0) is 13.5 Å². The van der Waals surface area contributed by atoms with E-state index in [0.29, 0.717) is 35.9 Å². The van der Waals surface area contributed by atoms with Crippen molar-refractivity contribution in [2.45, 2.75) is 31.2 Å². The van der Waals surface area contributed by atoms with Crippen LogP contribution < -0.4 is 0 Å². The molecule has 0 saturated heterocycles. The van der Waals surface area contributed by atoms with Gasteiger partial charge in [-0.15, -0.1) is 0 Å². The Morgan fingerprint density at radius 3 is 2.97 bits per heavy atom. The molecule has 1 aromatic carbocycles. The molecule has 1 saturated carbocycles. The summed E-state index contributed by atoms with van der Waals surface area (Å²) in [7, 11) is 1.72. The number of oxazole rings is 1. The molecule has 30 heavy (non-hydrogen) atoms. The number of hydrogen-bond donors (Lipinski definition) is 1. The zero-order valence-electron chi connectivity index (χ0n) is 16.2.